The minimum Gasteiger partial charge on any atom is -0.453 e. The third-order valence-corrected chi connectivity index (χ3v) is 3.15. The highest BCUT2D eigenvalue weighted by Gasteiger charge is 2.13. The number of aromatic nitrogens is 3. The van der Waals surface area contributed by atoms with Gasteiger partial charge in [-0.25, -0.2) is 13.9 Å². The molecule has 3 aromatic rings. The molecule has 0 N–H and O–H groups in total. The van der Waals surface area contributed by atoms with Crippen LogP contribution in [0.2, 0.25) is 0 Å². The lowest BCUT2D eigenvalue weighted by atomic mass is 10.1. The number of aryl methyl sites for hydroxylation is 1. The Kier molecular flexibility index (Phi) is 3.33. The van der Waals surface area contributed by atoms with Crippen LogP contribution < -0.4 is 4.74 Å². The summed E-state index contributed by atoms with van der Waals surface area (Å²) in [5, 5.41) is 4.52. The van der Waals surface area contributed by atoms with Crippen molar-refractivity contribution in [3.63, 3.8) is 0 Å². The molecular formula is C16H16FN3O. The summed E-state index contributed by atoms with van der Waals surface area (Å²) in [6.07, 6.45) is 1.85. The Bertz CT molecular complexity index is 795. The van der Waals surface area contributed by atoms with Gasteiger partial charge in [0.1, 0.15) is 11.6 Å². The van der Waals surface area contributed by atoms with Gasteiger partial charge >= 0.3 is 0 Å². The smallest absolute Gasteiger partial charge is 0.197 e. The van der Waals surface area contributed by atoms with Crippen molar-refractivity contribution in [2.45, 2.75) is 26.7 Å². The van der Waals surface area contributed by atoms with E-state index in [1.54, 1.807) is 16.6 Å². The molecule has 3 rings (SSSR count). The van der Waals surface area contributed by atoms with Gasteiger partial charge in [0.05, 0.1) is 17.6 Å². The Balaban J connectivity index is 2.11. The molecule has 0 unspecified atom stereocenters. The van der Waals surface area contributed by atoms with Crippen molar-refractivity contribution in [3.05, 3.63) is 53.7 Å². The van der Waals surface area contributed by atoms with Gasteiger partial charge in [-0.15, -0.1) is 0 Å². The second-order valence-electron chi connectivity index (χ2n) is 5.30. The fraction of sp³-hybridized carbons (Fsp3) is 0.250. The standard InChI is InChI=1S/C16H16FN3O/c1-10(2)14-8-15(16-18-11(3)9-20(16)19-14)21-13-6-4-5-12(17)7-13/h4-10H,1-3H3. The number of hydrogen-bond donors (Lipinski definition) is 0. The molecule has 2 heterocycles. The molecule has 0 amide bonds. The van der Waals surface area contributed by atoms with Crippen molar-refractivity contribution in [1.82, 2.24) is 14.6 Å². The molecule has 21 heavy (non-hydrogen) atoms. The molecule has 0 saturated heterocycles. The maximum atomic E-state index is 13.3. The van der Waals surface area contributed by atoms with Gasteiger partial charge in [0.25, 0.3) is 0 Å². The van der Waals surface area contributed by atoms with Gasteiger partial charge in [0.15, 0.2) is 11.4 Å². The Morgan fingerprint density at radius 2 is 2.05 bits per heavy atom. The lowest BCUT2D eigenvalue weighted by Crippen LogP contribution is -2.01. The maximum absolute atomic E-state index is 13.3. The Morgan fingerprint density at radius 3 is 2.76 bits per heavy atom. The van der Waals surface area contributed by atoms with Crippen LogP contribution in [0.5, 0.6) is 11.5 Å². The predicted molar refractivity (Wildman–Crippen MR) is 78.3 cm³/mol. The highest BCUT2D eigenvalue weighted by atomic mass is 19.1. The van der Waals surface area contributed by atoms with E-state index in [1.165, 1.54) is 12.1 Å². The van der Waals surface area contributed by atoms with Gasteiger partial charge < -0.3 is 4.74 Å². The van der Waals surface area contributed by atoms with E-state index < -0.39 is 0 Å². The molecule has 0 radical (unpaired) electrons. The van der Waals surface area contributed by atoms with Crippen LogP contribution in [0.25, 0.3) is 5.65 Å². The largest absolute Gasteiger partial charge is 0.453 e. The normalized spacial score (nSPS) is 11.3. The molecule has 1 aromatic carbocycles. The van der Waals surface area contributed by atoms with Crippen LogP contribution in [0.4, 0.5) is 4.39 Å². The summed E-state index contributed by atoms with van der Waals surface area (Å²) in [4.78, 5) is 4.41. The zero-order valence-electron chi connectivity index (χ0n) is 12.2. The number of ether oxygens (including phenoxy) is 1. The van der Waals surface area contributed by atoms with E-state index in [2.05, 4.69) is 23.9 Å². The van der Waals surface area contributed by atoms with Crippen molar-refractivity contribution >= 4 is 5.65 Å². The zero-order chi connectivity index (χ0) is 15.0. The van der Waals surface area contributed by atoms with Crippen LogP contribution in [-0.2, 0) is 0 Å². The highest BCUT2D eigenvalue weighted by Crippen LogP contribution is 2.28. The van der Waals surface area contributed by atoms with Crippen molar-refractivity contribution in [3.8, 4) is 11.5 Å². The molecule has 0 aliphatic carbocycles. The first-order valence-electron chi connectivity index (χ1n) is 6.83. The van der Waals surface area contributed by atoms with Crippen LogP contribution in [0, 0.1) is 12.7 Å². The number of fused-ring (bicyclic) bond motifs is 1. The van der Waals surface area contributed by atoms with E-state index in [0.717, 1.165) is 11.4 Å². The van der Waals surface area contributed by atoms with E-state index >= 15 is 0 Å². The molecule has 2 aromatic heterocycles. The summed E-state index contributed by atoms with van der Waals surface area (Å²) in [5.74, 6) is 0.944. The Hall–Kier alpha value is -2.43. The zero-order valence-corrected chi connectivity index (χ0v) is 12.2. The fourth-order valence-corrected chi connectivity index (χ4v) is 2.10. The third-order valence-electron chi connectivity index (χ3n) is 3.15. The first kappa shape index (κ1) is 13.5. The minimum atomic E-state index is -0.332. The maximum Gasteiger partial charge on any atom is 0.197 e. The third kappa shape index (κ3) is 2.72. The Labute approximate surface area is 122 Å². The van der Waals surface area contributed by atoms with Gasteiger partial charge in [-0.3, -0.25) is 0 Å². The van der Waals surface area contributed by atoms with Crippen LogP contribution >= 0.6 is 0 Å². The van der Waals surface area contributed by atoms with E-state index in [-0.39, 0.29) is 11.7 Å². The van der Waals surface area contributed by atoms with E-state index in [4.69, 9.17) is 4.74 Å². The molecular weight excluding hydrogens is 269 g/mol. The van der Waals surface area contributed by atoms with Gasteiger partial charge in [0, 0.05) is 12.1 Å². The second kappa shape index (κ2) is 5.16. The van der Waals surface area contributed by atoms with Crippen LogP contribution in [0.1, 0.15) is 31.2 Å². The number of halogens is 1. The number of rotatable bonds is 3. The van der Waals surface area contributed by atoms with Gasteiger partial charge in [-0.05, 0) is 25.0 Å². The fourth-order valence-electron chi connectivity index (χ4n) is 2.10. The average Bonchev–Trinajstić information content (AvgIpc) is 2.79. The molecule has 0 aliphatic rings. The SMILES string of the molecule is Cc1cn2nc(C(C)C)cc(Oc3cccc(F)c3)c2n1. The number of benzene rings is 1. The van der Waals surface area contributed by atoms with Crippen LogP contribution in [-0.4, -0.2) is 14.6 Å². The molecule has 108 valence electrons. The quantitative estimate of drug-likeness (QED) is 0.727. The summed E-state index contributed by atoms with van der Waals surface area (Å²) in [6.45, 7) is 6.02. The predicted octanol–water partition coefficient (Wildman–Crippen LogP) is 4.09. The molecule has 0 spiro atoms. The molecule has 0 bridgehead atoms. The molecule has 0 atom stereocenters. The van der Waals surface area contributed by atoms with Gasteiger partial charge in [0.2, 0.25) is 0 Å². The first-order valence-corrected chi connectivity index (χ1v) is 6.83. The van der Waals surface area contributed by atoms with E-state index in [0.29, 0.717) is 17.1 Å². The molecule has 0 fully saturated rings. The number of hydrogen-bond acceptors (Lipinski definition) is 3. The molecule has 5 heteroatoms. The van der Waals surface area contributed by atoms with E-state index in [9.17, 15) is 4.39 Å². The summed E-state index contributed by atoms with van der Waals surface area (Å²) in [5.41, 5.74) is 2.37. The summed E-state index contributed by atoms with van der Waals surface area (Å²) >= 11 is 0. The average molecular weight is 285 g/mol. The van der Waals surface area contributed by atoms with Gasteiger partial charge in [-0.1, -0.05) is 19.9 Å². The lowest BCUT2D eigenvalue weighted by Gasteiger charge is -2.10. The summed E-state index contributed by atoms with van der Waals surface area (Å²) < 4.78 is 20.8. The lowest BCUT2D eigenvalue weighted by molar-refractivity contribution is 0.475. The van der Waals surface area contributed by atoms with Crippen molar-refractivity contribution in [1.29, 1.82) is 0 Å². The number of imidazole rings is 1. The van der Waals surface area contributed by atoms with Crippen molar-refractivity contribution in [2.75, 3.05) is 0 Å². The molecule has 0 aliphatic heterocycles. The van der Waals surface area contributed by atoms with Crippen LogP contribution in [0.15, 0.2) is 36.5 Å². The first-order chi connectivity index (χ1) is 10.0. The molecule has 4 nitrogen and oxygen atoms in total. The molecule has 0 saturated carbocycles. The minimum absolute atomic E-state index is 0.256. The summed E-state index contributed by atoms with van der Waals surface area (Å²) in [7, 11) is 0. The number of nitrogens with zero attached hydrogens (tertiary/aromatic N) is 3. The topological polar surface area (TPSA) is 39.4 Å². The highest BCUT2D eigenvalue weighted by molar-refractivity contribution is 5.55. The summed E-state index contributed by atoms with van der Waals surface area (Å²) in [6, 6.07) is 7.92. The monoisotopic (exact) mass is 285 g/mol. The van der Waals surface area contributed by atoms with E-state index in [1.807, 2.05) is 19.2 Å². The van der Waals surface area contributed by atoms with Crippen LogP contribution in [0.3, 0.4) is 0 Å². The van der Waals surface area contributed by atoms with Crippen molar-refractivity contribution in [2.24, 2.45) is 0 Å². The Morgan fingerprint density at radius 1 is 1.24 bits per heavy atom. The van der Waals surface area contributed by atoms with Gasteiger partial charge in [-0.2, -0.15) is 5.10 Å². The second-order valence-corrected chi connectivity index (χ2v) is 5.30. The van der Waals surface area contributed by atoms with Crippen molar-refractivity contribution < 1.29 is 9.13 Å².